The molecule has 0 radical (unpaired) electrons. The molecule has 0 unspecified atom stereocenters. The standard InChI is InChI=1S/C17H15BrO5/c1-21-15-5-3-11(8-17(20)22-2)7-16(15)23-14-6-4-13(18)9-12(14)10-19/h3-7,9-10H,8H2,1-2H3. The summed E-state index contributed by atoms with van der Waals surface area (Å²) in [6.07, 6.45) is 0.836. The van der Waals surface area contributed by atoms with Gasteiger partial charge in [-0.15, -0.1) is 0 Å². The van der Waals surface area contributed by atoms with Gasteiger partial charge in [0.2, 0.25) is 0 Å². The Morgan fingerprint density at radius 2 is 1.83 bits per heavy atom. The molecule has 0 aromatic heterocycles. The van der Waals surface area contributed by atoms with Gasteiger partial charge in [0.15, 0.2) is 17.8 Å². The summed E-state index contributed by atoms with van der Waals surface area (Å²) in [4.78, 5) is 22.6. The van der Waals surface area contributed by atoms with E-state index in [1.165, 1.54) is 14.2 Å². The van der Waals surface area contributed by atoms with Crippen molar-refractivity contribution >= 4 is 28.2 Å². The number of carbonyl (C=O) groups excluding carboxylic acids is 2. The molecule has 0 atom stereocenters. The van der Waals surface area contributed by atoms with Crippen LogP contribution in [0.5, 0.6) is 17.2 Å². The summed E-state index contributed by atoms with van der Waals surface area (Å²) in [7, 11) is 2.85. The first-order valence-electron chi connectivity index (χ1n) is 6.73. The van der Waals surface area contributed by atoms with Crippen LogP contribution in [0.4, 0.5) is 0 Å². The first kappa shape index (κ1) is 17.0. The second-order valence-electron chi connectivity index (χ2n) is 4.64. The smallest absolute Gasteiger partial charge is 0.309 e. The van der Waals surface area contributed by atoms with Gasteiger partial charge in [0.05, 0.1) is 26.2 Å². The van der Waals surface area contributed by atoms with Crippen LogP contribution in [0.15, 0.2) is 40.9 Å². The molecule has 0 aliphatic rings. The number of methoxy groups -OCH3 is 2. The van der Waals surface area contributed by atoms with E-state index in [2.05, 4.69) is 20.7 Å². The topological polar surface area (TPSA) is 61.8 Å². The van der Waals surface area contributed by atoms with Crippen molar-refractivity contribution in [3.63, 3.8) is 0 Å². The van der Waals surface area contributed by atoms with Gasteiger partial charge in [-0.3, -0.25) is 9.59 Å². The van der Waals surface area contributed by atoms with E-state index in [4.69, 9.17) is 9.47 Å². The van der Waals surface area contributed by atoms with Gasteiger partial charge in [0, 0.05) is 4.47 Å². The lowest BCUT2D eigenvalue weighted by Crippen LogP contribution is -2.04. The molecule has 2 rings (SSSR count). The summed E-state index contributed by atoms with van der Waals surface area (Å²) in [5, 5.41) is 0. The molecule has 6 heteroatoms. The van der Waals surface area contributed by atoms with E-state index in [1.54, 1.807) is 36.4 Å². The number of hydrogen-bond acceptors (Lipinski definition) is 5. The molecule has 0 bridgehead atoms. The fourth-order valence-electron chi connectivity index (χ4n) is 1.97. The van der Waals surface area contributed by atoms with Crippen molar-refractivity contribution in [3.05, 3.63) is 52.0 Å². The molecule has 23 heavy (non-hydrogen) atoms. The molecule has 0 saturated heterocycles. The van der Waals surface area contributed by atoms with Crippen LogP contribution in [0.2, 0.25) is 0 Å². The quantitative estimate of drug-likeness (QED) is 0.565. The molecule has 0 fully saturated rings. The highest BCUT2D eigenvalue weighted by molar-refractivity contribution is 9.10. The van der Waals surface area contributed by atoms with Gasteiger partial charge in [-0.05, 0) is 35.9 Å². The van der Waals surface area contributed by atoms with Crippen molar-refractivity contribution in [1.82, 2.24) is 0 Å². The van der Waals surface area contributed by atoms with Gasteiger partial charge in [0.25, 0.3) is 0 Å². The highest BCUT2D eigenvalue weighted by atomic mass is 79.9. The molecule has 2 aromatic rings. The molecule has 0 heterocycles. The third-order valence-corrected chi connectivity index (χ3v) is 3.62. The third kappa shape index (κ3) is 4.32. The van der Waals surface area contributed by atoms with Crippen molar-refractivity contribution in [2.24, 2.45) is 0 Å². The third-order valence-electron chi connectivity index (χ3n) is 3.12. The minimum Gasteiger partial charge on any atom is -0.493 e. The number of rotatable bonds is 6. The van der Waals surface area contributed by atoms with Gasteiger partial charge >= 0.3 is 5.97 Å². The Morgan fingerprint density at radius 1 is 1.09 bits per heavy atom. The number of benzene rings is 2. The Hall–Kier alpha value is -2.34. The molecule has 120 valence electrons. The van der Waals surface area contributed by atoms with Crippen molar-refractivity contribution < 1.29 is 23.8 Å². The average Bonchev–Trinajstić information content (AvgIpc) is 2.56. The Bertz CT molecular complexity index is 727. The monoisotopic (exact) mass is 378 g/mol. The molecule has 0 saturated carbocycles. The summed E-state index contributed by atoms with van der Waals surface area (Å²) < 4.78 is 16.5. The van der Waals surface area contributed by atoms with E-state index in [0.717, 1.165) is 10.0 Å². The van der Waals surface area contributed by atoms with E-state index < -0.39 is 0 Å². The van der Waals surface area contributed by atoms with Crippen LogP contribution >= 0.6 is 15.9 Å². The second-order valence-corrected chi connectivity index (χ2v) is 5.56. The number of halogens is 1. The minimum absolute atomic E-state index is 0.123. The van der Waals surface area contributed by atoms with Crippen LogP contribution in [0, 0.1) is 0 Å². The lowest BCUT2D eigenvalue weighted by molar-refractivity contribution is -0.139. The maximum Gasteiger partial charge on any atom is 0.309 e. The molecular weight excluding hydrogens is 364 g/mol. The highest BCUT2D eigenvalue weighted by Crippen LogP contribution is 2.34. The van der Waals surface area contributed by atoms with Crippen LogP contribution in [0.3, 0.4) is 0 Å². The van der Waals surface area contributed by atoms with E-state index in [1.807, 2.05) is 0 Å². The van der Waals surface area contributed by atoms with Crippen LogP contribution in [0.25, 0.3) is 0 Å². The number of aldehydes is 1. The Labute approximate surface area is 142 Å². The first-order chi connectivity index (χ1) is 11.1. The van der Waals surface area contributed by atoms with Gasteiger partial charge in [-0.2, -0.15) is 0 Å². The maximum atomic E-state index is 11.4. The van der Waals surface area contributed by atoms with Crippen molar-refractivity contribution in [2.75, 3.05) is 14.2 Å². The Balaban J connectivity index is 2.35. The molecule has 0 aliphatic heterocycles. The normalized spacial score (nSPS) is 10.0. The number of carbonyl (C=O) groups is 2. The van der Waals surface area contributed by atoms with Gasteiger partial charge in [0.1, 0.15) is 5.75 Å². The van der Waals surface area contributed by atoms with Gasteiger partial charge in [-0.25, -0.2) is 0 Å². The largest absolute Gasteiger partial charge is 0.493 e. The van der Waals surface area contributed by atoms with Crippen LogP contribution in [0.1, 0.15) is 15.9 Å². The van der Waals surface area contributed by atoms with Crippen LogP contribution < -0.4 is 9.47 Å². The van der Waals surface area contributed by atoms with Crippen molar-refractivity contribution in [1.29, 1.82) is 0 Å². The molecule has 0 N–H and O–H groups in total. The molecular formula is C17H15BrO5. The fraction of sp³-hybridized carbons (Fsp3) is 0.176. The fourth-order valence-corrected chi connectivity index (χ4v) is 2.35. The van der Waals surface area contributed by atoms with Crippen LogP contribution in [-0.4, -0.2) is 26.5 Å². The minimum atomic E-state index is -0.349. The highest BCUT2D eigenvalue weighted by Gasteiger charge is 2.12. The Kier molecular flexibility index (Phi) is 5.76. The second kappa shape index (κ2) is 7.78. The summed E-state index contributed by atoms with van der Waals surface area (Å²) in [6, 6.07) is 10.3. The zero-order valence-corrected chi connectivity index (χ0v) is 14.3. The predicted molar refractivity (Wildman–Crippen MR) is 88.3 cm³/mol. The Morgan fingerprint density at radius 3 is 2.48 bits per heavy atom. The van der Waals surface area contributed by atoms with Gasteiger partial charge < -0.3 is 14.2 Å². The van der Waals surface area contributed by atoms with Crippen molar-refractivity contribution in [3.8, 4) is 17.2 Å². The molecule has 5 nitrogen and oxygen atoms in total. The van der Waals surface area contributed by atoms with E-state index >= 15 is 0 Å². The summed E-state index contributed by atoms with van der Waals surface area (Å²) in [5.41, 5.74) is 1.12. The maximum absolute atomic E-state index is 11.4. The lowest BCUT2D eigenvalue weighted by atomic mass is 10.1. The summed E-state index contributed by atoms with van der Waals surface area (Å²) in [5.74, 6) is 0.966. The van der Waals surface area contributed by atoms with Crippen LogP contribution in [-0.2, 0) is 16.0 Å². The molecule has 0 aliphatic carbocycles. The van der Waals surface area contributed by atoms with Crippen molar-refractivity contribution in [2.45, 2.75) is 6.42 Å². The molecule has 2 aromatic carbocycles. The number of ether oxygens (including phenoxy) is 3. The van der Waals surface area contributed by atoms with E-state index in [-0.39, 0.29) is 12.4 Å². The lowest BCUT2D eigenvalue weighted by Gasteiger charge is -2.13. The van der Waals surface area contributed by atoms with E-state index in [9.17, 15) is 9.59 Å². The zero-order chi connectivity index (χ0) is 16.8. The molecule has 0 amide bonds. The summed E-state index contributed by atoms with van der Waals surface area (Å²) in [6.45, 7) is 0. The zero-order valence-electron chi connectivity index (χ0n) is 12.7. The molecule has 0 spiro atoms. The number of esters is 1. The van der Waals surface area contributed by atoms with Gasteiger partial charge in [-0.1, -0.05) is 22.0 Å². The number of hydrogen-bond donors (Lipinski definition) is 0. The summed E-state index contributed by atoms with van der Waals surface area (Å²) >= 11 is 3.31. The van der Waals surface area contributed by atoms with E-state index in [0.29, 0.717) is 29.1 Å². The SMILES string of the molecule is COC(=O)Cc1ccc(OC)c(Oc2ccc(Br)cc2C=O)c1. The predicted octanol–water partition coefficient (Wildman–Crippen LogP) is 3.78. The first-order valence-corrected chi connectivity index (χ1v) is 7.53. The average molecular weight is 379 g/mol.